The summed E-state index contributed by atoms with van der Waals surface area (Å²) in [7, 11) is 1.44. The van der Waals surface area contributed by atoms with Gasteiger partial charge in [-0.3, -0.25) is 9.69 Å². The molecule has 1 atom stereocenters. The number of methoxy groups -OCH3 is 1. The van der Waals surface area contributed by atoms with Crippen LogP contribution in [0.25, 0.3) is 0 Å². The Hall–Kier alpha value is -1.55. The molecule has 1 aliphatic rings. The molecule has 4 heteroatoms. The van der Waals surface area contributed by atoms with Crippen molar-refractivity contribution in [1.29, 1.82) is 0 Å². The predicted octanol–water partition coefficient (Wildman–Crippen LogP) is 1.99. The van der Waals surface area contributed by atoms with Gasteiger partial charge in [-0.2, -0.15) is 0 Å². The van der Waals surface area contributed by atoms with E-state index >= 15 is 0 Å². The lowest BCUT2D eigenvalue weighted by Gasteiger charge is -2.34. The molecule has 0 aliphatic carbocycles. The first-order valence-corrected chi connectivity index (χ1v) is 6.69. The summed E-state index contributed by atoms with van der Waals surface area (Å²) < 4.78 is 4.88. The minimum absolute atomic E-state index is 0.156. The Morgan fingerprint density at radius 1 is 1.53 bits per heavy atom. The van der Waals surface area contributed by atoms with Crippen molar-refractivity contribution in [2.45, 2.75) is 32.2 Å². The highest BCUT2D eigenvalue weighted by Gasteiger charge is 2.29. The second-order valence-corrected chi connectivity index (χ2v) is 4.68. The largest absolute Gasteiger partial charge is 0.468 e. The van der Waals surface area contributed by atoms with Gasteiger partial charge in [-0.15, -0.1) is 0 Å². The minimum Gasteiger partial charge on any atom is -0.468 e. The van der Waals surface area contributed by atoms with Crippen LogP contribution in [0.4, 0.5) is 0 Å². The molecule has 0 saturated carbocycles. The Balaban J connectivity index is 2.83. The lowest BCUT2D eigenvalue weighted by Crippen LogP contribution is -2.46. The molecule has 0 bridgehead atoms. The first-order chi connectivity index (χ1) is 9.13. The summed E-state index contributed by atoms with van der Waals surface area (Å²) in [6, 6.07) is -0.156. The molecule has 19 heavy (non-hydrogen) atoms. The number of carbonyl (C=O) groups is 1. The van der Waals surface area contributed by atoms with Crippen molar-refractivity contribution >= 4 is 5.97 Å². The molecule has 0 radical (unpaired) electrons. The molecule has 1 unspecified atom stereocenters. The lowest BCUT2D eigenvalue weighted by atomic mass is 10.0. The molecule has 0 spiro atoms. The van der Waals surface area contributed by atoms with Gasteiger partial charge in [-0.1, -0.05) is 31.2 Å². The first kappa shape index (κ1) is 15.5. The normalized spacial score (nSPS) is 22.1. The molecule has 1 saturated heterocycles. The van der Waals surface area contributed by atoms with Crippen molar-refractivity contribution in [3.8, 4) is 0 Å². The van der Waals surface area contributed by atoms with Crippen LogP contribution in [0.1, 0.15) is 26.2 Å². The zero-order chi connectivity index (χ0) is 14.3. The fourth-order valence-corrected chi connectivity index (χ4v) is 2.37. The maximum absolute atomic E-state index is 11.8. The number of hydrogen-bond acceptors (Lipinski definition) is 4. The lowest BCUT2D eigenvalue weighted by molar-refractivity contribution is -0.148. The van der Waals surface area contributed by atoms with E-state index in [9.17, 15) is 4.79 Å². The molecule has 2 N–H and O–H groups in total. The molecule has 1 rings (SSSR count). The van der Waals surface area contributed by atoms with Crippen LogP contribution in [0.15, 0.2) is 36.1 Å². The third-order valence-electron chi connectivity index (χ3n) is 3.46. The number of nitrogens with zero attached hydrogens (tertiary/aromatic N) is 1. The van der Waals surface area contributed by atoms with Gasteiger partial charge < -0.3 is 10.5 Å². The van der Waals surface area contributed by atoms with Crippen molar-refractivity contribution < 1.29 is 9.53 Å². The van der Waals surface area contributed by atoms with Crippen LogP contribution in [0, 0.1) is 0 Å². The zero-order valence-electron chi connectivity index (χ0n) is 11.9. The van der Waals surface area contributed by atoms with Crippen LogP contribution in [0.3, 0.4) is 0 Å². The summed E-state index contributed by atoms with van der Waals surface area (Å²) in [6.07, 6.45) is 8.51. The molecule has 106 valence electrons. The summed E-state index contributed by atoms with van der Waals surface area (Å²) in [5.74, 6) is -0.156. The molecule has 0 aromatic rings. The van der Waals surface area contributed by atoms with Gasteiger partial charge in [0.1, 0.15) is 6.04 Å². The SMILES string of the molecule is C=C/C=C(CN1CCCCC1C(=O)OC)\C(N)=C/C. The van der Waals surface area contributed by atoms with Crippen LogP contribution < -0.4 is 5.73 Å². The third kappa shape index (κ3) is 4.24. The number of rotatable bonds is 5. The van der Waals surface area contributed by atoms with Crippen LogP contribution in [-0.4, -0.2) is 37.1 Å². The second-order valence-electron chi connectivity index (χ2n) is 4.68. The first-order valence-electron chi connectivity index (χ1n) is 6.69. The van der Waals surface area contributed by atoms with Gasteiger partial charge in [-0.25, -0.2) is 0 Å². The van der Waals surface area contributed by atoms with Crippen molar-refractivity contribution in [1.82, 2.24) is 4.90 Å². The summed E-state index contributed by atoms with van der Waals surface area (Å²) in [5.41, 5.74) is 7.70. The van der Waals surface area contributed by atoms with Gasteiger partial charge in [0.2, 0.25) is 0 Å². The van der Waals surface area contributed by atoms with Gasteiger partial charge in [0.25, 0.3) is 0 Å². The van der Waals surface area contributed by atoms with E-state index in [-0.39, 0.29) is 12.0 Å². The standard InChI is InChI=1S/C15H24N2O2/c1-4-8-12(13(16)5-2)11-17-10-7-6-9-14(17)15(18)19-3/h4-5,8,14H,1,6-7,9-11,16H2,2-3H3/b12-8-,13-5+. The van der Waals surface area contributed by atoms with E-state index in [0.717, 1.165) is 37.1 Å². The van der Waals surface area contributed by atoms with E-state index in [1.165, 1.54) is 7.11 Å². The minimum atomic E-state index is -0.156. The summed E-state index contributed by atoms with van der Waals surface area (Å²) in [6.45, 7) is 7.16. The quantitative estimate of drug-likeness (QED) is 0.609. The molecular formula is C15H24N2O2. The Labute approximate surface area is 115 Å². The molecule has 0 aromatic heterocycles. The molecule has 4 nitrogen and oxygen atoms in total. The second kappa shape index (κ2) is 7.79. The molecule has 1 fully saturated rings. The summed E-state index contributed by atoms with van der Waals surface area (Å²) in [5, 5.41) is 0. The van der Waals surface area contributed by atoms with Crippen LogP contribution >= 0.6 is 0 Å². The van der Waals surface area contributed by atoms with Crippen molar-refractivity contribution in [3.63, 3.8) is 0 Å². The average molecular weight is 264 g/mol. The van der Waals surface area contributed by atoms with E-state index < -0.39 is 0 Å². The van der Waals surface area contributed by atoms with Crippen molar-refractivity contribution in [2.75, 3.05) is 20.2 Å². The van der Waals surface area contributed by atoms with Gasteiger partial charge in [-0.05, 0) is 31.9 Å². The number of carbonyl (C=O) groups excluding carboxylic acids is 1. The van der Waals surface area contributed by atoms with E-state index in [1.54, 1.807) is 6.08 Å². The van der Waals surface area contributed by atoms with Crippen molar-refractivity contribution in [2.24, 2.45) is 5.73 Å². The highest BCUT2D eigenvalue weighted by atomic mass is 16.5. The number of ether oxygens (including phenoxy) is 1. The number of esters is 1. The van der Waals surface area contributed by atoms with Crippen molar-refractivity contribution in [3.05, 3.63) is 36.1 Å². The fraction of sp³-hybridized carbons (Fsp3) is 0.533. The van der Waals surface area contributed by atoms with Gasteiger partial charge in [0, 0.05) is 12.2 Å². The van der Waals surface area contributed by atoms with Gasteiger partial charge in [0.15, 0.2) is 0 Å². The van der Waals surface area contributed by atoms with Crippen LogP contribution in [0.2, 0.25) is 0 Å². The Kier molecular flexibility index (Phi) is 6.36. The molecule has 0 aromatic carbocycles. The summed E-state index contributed by atoms with van der Waals surface area (Å²) in [4.78, 5) is 13.9. The number of hydrogen-bond donors (Lipinski definition) is 1. The maximum atomic E-state index is 11.8. The summed E-state index contributed by atoms with van der Waals surface area (Å²) >= 11 is 0. The number of allylic oxidation sites excluding steroid dienone is 3. The molecule has 0 amide bonds. The Bertz CT molecular complexity index is 386. The molecule has 1 heterocycles. The third-order valence-corrected chi connectivity index (χ3v) is 3.46. The van der Waals surface area contributed by atoms with E-state index in [4.69, 9.17) is 10.5 Å². The van der Waals surface area contributed by atoms with Crippen LogP contribution in [0.5, 0.6) is 0 Å². The molecule has 1 aliphatic heterocycles. The van der Waals surface area contributed by atoms with E-state index in [2.05, 4.69) is 11.5 Å². The van der Waals surface area contributed by atoms with Gasteiger partial charge in [0.05, 0.1) is 7.11 Å². The van der Waals surface area contributed by atoms with E-state index in [0.29, 0.717) is 6.54 Å². The zero-order valence-corrected chi connectivity index (χ0v) is 11.9. The van der Waals surface area contributed by atoms with Crippen LogP contribution in [-0.2, 0) is 9.53 Å². The van der Waals surface area contributed by atoms with E-state index in [1.807, 2.05) is 19.1 Å². The number of piperidine rings is 1. The Morgan fingerprint density at radius 2 is 2.26 bits per heavy atom. The number of nitrogens with two attached hydrogens (primary N) is 1. The fourth-order valence-electron chi connectivity index (χ4n) is 2.37. The molecular weight excluding hydrogens is 240 g/mol. The van der Waals surface area contributed by atoms with Gasteiger partial charge >= 0.3 is 5.97 Å². The Morgan fingerprint density at radius 3 is 2.84 bits per heavy atom. The predicted molar refractivity (Wildman–Crippen MR) is 77.5 cm³/mol. The monoisotopic (exact) mass is 264 g/mol. The highest BCUT2D eigenvalue weighted by molar-refractivity contribution is 5.75. The highest BCUT2D eigenvalue weighted by Crippen LogP contribution is 2.20. The average Bonchev–Trinajstić information content (AvgIpc) is 2.45. The topological polar surface area (TPSA) is 55.6 Å². The number of likely N-dealkylation sites (tertiary alicyclic amines) is 1. The smallest absolute Gasteiger partial charge is 0.323 e. The maximum Gasteiger partial charge on any atom is 0.323 e.